The van der Waals surface area contributed by atoms with E-state index in [1.54, 1.807) is 20.8 Å². The van der Waals surface area contributed by atoms with Crippen molar-refractivity contribution in [3.05, 3.63) is 0 Å². The van der Waals surface area contributed by atoms with Crippen molar-refractivity contribution in [2.24, 2.45) is 5.92 Å². The summed E-state index contributed by atoms with van der Waals surface area (Å²) in [6.07, 6.45) is 0. The maximum absolute atomic E-state index is 10.6. The molecule has 0 amide bonds. The van der Waals surface area contributed by atoms with Gasteiger partial charge in [0, 0.05) is 5.75 Å². The van der Waals surface area contributed by atoms with Crippen LogP contribution in [-0.2, 0) is 9.59 Å². The summed E-state index contributed by atoms with van der Waals surface area (Å²) in [6, 6.07) is 0. The Kier molecular flexibility index (Phi) is 4.26. The summed E-state index contributed by atoms with van der Waals surface area (Å²) in [5.41, 5.74) is 0. The van der Waals surface area contributed by atoms with Gasteiger partial charge in [0.2, 0.25) is 0 Å². The van der Waals surface area contributed by atoms with Crippen LogP contribution in [-0.4, -0.2) is 32.7 Å². The second-order valence-corrected chi connectivity index (χ2v) is 5.01. The van der Waals surface area contributed by atoms with Crippen LogP contribution in [0.4, 0.5) is 0 Å². The van der Waals surface area contributed by atoms with E-state index in [-0.39, 0.29) is 0 Å². The molecule has 5 heteroatoms. The molecule has 0 aromatic carbocycles. The van der Waals surface area contributed by atoms with Crippen LogP contribution < -0.4 is 0 Å². The molecule has 0 heterocycles. The van der Waals surface area contributed by atoms with E-state index in [1.807, 2.05) is 0 Å². The predicted octanol–water partition coefficient (Wildman–Crippen LogP) is 1.30. The molecule has 13 heavy (non-hydrogen) atoms. The summed E-state index contributed by atoms with van der Waals surface area (Å²) in [5, 5.41) is 17.3. The minimum absolute atomic E-state index is 0.314. The smallest absolute Gasteiger partial charge is 0.319 e. The lowest BCUT2D eigenvalue weighted by molar-refractivity contribution is -0.141. The first kappa shape index (κ1) is 12.3. The average Bonchev–Trinajstić information content (AvgIpc) is 1.99. The molecule has 2 N–H and O–H groups in total. The monoisotopic (exact) mass is 206 g/mol. The van der Waals surface area contributed by atoms with Crippen LogP contribution in [0.15, 0.2) is 0 Å². The molecule has 0 aromatic heterocycles. The Bertz CT molecular complexity index is 212. The molecular formula is C8H14O4S. The van der Waals surface area contributed by atoms with Gasteiger partial charge in [-0.05, 0) is 13.8 Å². The van der Waals surface area contributed by atoms with Gasteiger partial charge in [-0.1, -0.05) is 6.92 Å². The number of hydrogen-bond acceptors (Lipinski definition) is 3. The fourth-order valence-electron chi connectivity index (χ4n) is 0.466. The summed E-state index contributed by atoms with van der Waals surface area (Å²) in [4.78, 5) is 21.1. The van der Waals surface area contributed by atoms with Crippen molar-refractivity contribution in [2.45, 2.75) is 25.5 Å². The number of carbonyl (C=O) groups is 2. The highest BCUT2D eigenvalue weighted by atomic mass is 32.2. The first-order valence-electron chi connectivity index (χ1n) is 3.87. The molecule has 0 fully saturated rings. The normalized spacial score (nSPS) is 13.8. The van der Waals surface area contributed by atoms with Crippen LogP contribution >= 0.6 is 11.8 Å². The third kappa shape index (κ3) is 4.17. The second kappa shape index (κ2) is 4.50. The lowest BCUT2D eigenvalue weighted by Gasteiger charge is -2.19. The van der Waals surface area contributed by atoms with Gasteiger partial charge in [-0.3, -0.25) is 9.59 Å². The van der Waals surface area contributed by atoms with Crippen molar-refractivity contribution < 1.29 is 19.8 Å². The first-order chi connectivity index (χ1) is 5.77. The highest BCUT2D eigenvalue weighted by Gasteiger charge is 2.29. The summed E-state index contributed by atoms with van der Waals surface area (Å²) in [6.45, 7) is 4.69. The Labute approximate surface area is 81.3 Å². The molecule has 0 bridgehead atoms. The summed E-state index contributed by atoms with van der Waals surface area (Å²) >= 11 is 1.14. The fourth-order valence-corrected chi connectivity index (χ4v) is 1.40. The standard InChI is InChI=1S/C8H14O4S/c1-5(6(9)10)4-13-8(2,3)7(11)12/h5H,4H2,1-3H3,(H,9,10)(H,11,12). The zero-order valence-corrected chi connectivity index (χ0v) is 8.72. The molecule has 76 valence electrons. The molecule has 0 aromatic rings. The third-order valence-electron chi connectivity index (χ3n) is 1.63. The number of hydrogen-bond donors (Lipinski definition) is 2. The molecule has 0 aliphatic heterocycles. The molecule has 0 radical (unpaired) electrons. The largest absolute Gasteiger partial charge is 0.481 e. The van der Waals surface area contributed by atoms with Crippen LogP contribution in [0.25, 0.3) is 0 Å². The number of aliphatic carboxylic acids is 2. The molecule has 0 spiro atoms. The van der Waals surface area contributed by atoms with Gasteiger partial charge in [0.15, 0.2) is 0 Å². The van der Waals surface area contributed by atoms with Gasteiger partial charge in [0.25, 0.3) is 0 Å². The average molecular weight is 206 g/mol. The SMILES string of the molecule is CC(CSC(C)(C)C(=O)O)C(=O)O. The van der Waals surface area contributed by atoms with Crippen LogP contribution in [0.1, 0.15) is 20.8 Å². The van der Waals surface area contributed by atoms with Crippen molar-refractivity contribution in [1.82, 2.24) is 0 Å². The van der Waals surface area contributed by atoms with Crippen LogP contribution in [0, 0.1) is 5.92 Å². The second-order valence-electron chi connectivity index (χ2n) is 3.37. The van der Waals surface area contributed by atoms with Crippen molar-refractivity contribution in [2.75, 3.05) is 5.75 Å². The van der Waals surface area contributed by atoms with E-state index in [0.29, 0.717) is 5.75 Å². The Hall–Kier alpha value is -0.710. The van der Waals surface area contributed by atoms with E-state index in [2.05, 4.69) is 0 Å². The van der Waals surface area contributed by atoms with Gasteiger partial charge in [-0.25, -0.2) is 0 Å². The Morgan fingerprint density at radius 2 is 1.85 bits per heavy atom. The van der Waals surface area contributed by atoms with Gasteiger partial charge in [0.1, 0.15) is 4.75 Å². The molecule has 0 rings (SSSR count). The summed E-state index contributed by atoms with van der Waals surface area (Å²) in [5.74, 6) is -2.01. The summed E-state index contributed by atoms with van der Waals surface area (Å²) < 4.78 is -0.913. The lowest BCUT2D eigenvalue weighted by Crippen LogP contribution is -2.29. The van der Waals surface area contributed by atoms with Gasteiger partial charge in [-0.15, -0.1) is 11.8 Å². The van der Waals surface area contributed by atoms with Gasteiger partial charge in [-0.2, -0.15) is 0 Å². The van der Waals surface area contributed by atoms with E-state index >= 15 is 0 Å². The van der Waals surface area contributed by atoms with E-state index in [9.17, 15) is 9.59 Å². The number of thioether (sulfide) groups is 1. The van der Waals surface area contributed by atoms with Gasteiger partial charge < -0.3 is 10.2 Å². The number of carboxylic acids is 2. The molecule has 0 saturated carbocycles. The molecule has 0 saturated heterocycles. The van der Waals surface area contributed by atoms with Gasteiger partial charge in [0.05, 0.1) is 5.92 Å². The van der Waals surface area contributed by atoms with E-state index in [0.717, 1.165) is 11.8 Å². The van der Waals surface area contributed by atoms with Gasteiger partial charge >= 0.3 is 11.9 Å². The molecule has 1 unspecified atom stereocenters. The van der Waals surface area contributed by atoms with Crippen molar-refractivity contribution >= 4 is 23.7 Å². The molecule has 4 nitrogen and oxygen atoms in total. The zero-order chi connectivity index (χ0) is 10.6. The third-order valence-corrected chi connectivity index (χ3v) is 3.19. The maximum atomic E-state index is 10.6. The van der Waals surface area contributed by atoms with Crippen molar-refractivity contribution in [3.63, 3.8) is 0 Å². The first-order valence-corrected chi connectivity index (χ1v) is 4.86. The number of rotatable bonds is 5. The van der Waals surface area contributed by atoms with E-state index in [1.165, 1.54) is 0 Å². The molecule has 0 aliphatic rings. The minimum Gasteiger partial charge on any atom is -0.481 e. The maximum Gasteiger partial charge on any atom is 0.319 e. The Morgan fingerprint density at radius 1 is 1.38 bits per heavy atom. The lowest BCUT2D eigenvalue weighted by atomic mass is 10.2. The highest BCUT2D eigenvalue weighted by molar-refractivity contribution is 8.01. The highest BCUT2D eigenvalue weighted by Crippen LogP contribution is 2.26. The van der Waals surface area contributed by atoms with E-state index in [4.69, 9.17) is 10.2 Å². The van der Waals surface area contributed by atoms with Crippen molar-refractivity contribution in [1.29, 1.82) is 0 Å². The van der Waals surface area contributed by atoms with Crippen molar-refractivity contribution in [3.8, 4) is 0 Å². The van der Waals surface area contributed by atoms with Crippen LogP contribution in [0.2, 0.25) is 0 Å². The summed E-state index contributed by atoms with van der Waals surface area (Å²) in [7, 11) is 0. The Balaban J connectivity index is 4.02. The minimum atomic E-state index is -0.921. The topological polar surface area (TPSA) is 74.6 Å². The van der Waals surface area contributed by atoms with E-state index < -0.39 is 22.6 Å². The molecule has 0 aliphatic carbocycles. The van der Waals surface area contributed by atoms with Crippen LogP contribution in [0.5, 0.6) is 0 Å². The Morgan fingerprint density at radius 3 is 2.15 bits per heavy atom. The fraction of sp³-hybridized carbons (Fsp3) is 0.750. The molecular weight excluding hydrogens is 192 g/mol. The predicted molar refractivity (Wildman–Crippen MR) is 51.0 cm³/mol. The zero-order valence-electron chi connectivity index (χ0n) is 7.90. The van der Waals surface area contributed by atoms with Crippen LogP contribution in [0.3, 0.4) is 0 Å². The molecule has 1 atom stereocenters. The number of carboxylic acid groups (broad SMARTS) is 2. The quantitative estimate of drug-likeness (QED) is 0.709.